The molecule has 0 aliphatic rings. The van der Waals surface area contributed by atoms with Crippen LogP contribution in [-0.4, -0.2) is 17.1 Å². The maximum atomic E-state index is 13.7. The summed E-state index contributed by atoms with van der Waals surface area (Å²) < 4.78 is 13.7. The second-order valence-corrected chi connectivity index (χ2v) is 4.15. The predicted octanol–water partition coefficient (Wildman–Crippen LogP) is 2.05. The number of carbonyl (C=O) groups is 1. The molecular weight excluding hydrogens is 233 g/mol. The van der Waals surface area contributed by atoms with Gasteiger partial charge in [-0.3, -0.25) is 4.79 Å². The summed E-state index contributed by atoms with van der Waals surface area (Å²) in [6.07, 6.45) is -0.0611. The zero-order valence-electron chi connectivity index (χ0n) is 9.05. The maximum Gasteiger partial charge on any atom is 0.320 e. The average Bonchev–Trinajstić information content (AvgIpc) is 2.21. The zero-order chi connectivity index (χ0) is 12.5. The third kappa shape index (κ3) is 2.51. The van der Waals surface area contributed by atoms with E-state index in [4.69, 9.17) is 22.4 Å². The second kappa shape index (κ2) is 4.80. The summed E-state index contributed by atoms with van der Waals surface area (Å²) in [7, 11) is 0. The summed E-state index contributed by atoms with van der Waals surface area (Å²) in [5.74, 6) is -1.74. The Morgan fingerprint density at radius 2 is 2.19 bits per heavy atom. The van der Waals surface area contributed by atoms with Gasteiger partial charge in [0.05, 0.1) is 5.02 Å². The van der Waals surface area contributed by atoms with Gasteiger partial charge in [-0.25, -0.2) is 4.39 Å². The molecule has 0 spiro atoms. The second-order valence-electron chi connectivity index (χ2n) is 3.74. The van der Waals surface area contributed by atoms with Crippen molar-refractivity contribution < 1.29 is 14.3 Å². The van der Waals surface area contributed by atoms with Gasteiger partial charge in [-0.05, 0) is 36.6 Å². The summed E-state index contributed by atoms with van der Waals surface area (Å²) in [4.78, 5) is 10.6. The number of nitrogens with two attached hydrogens (primary N) is 1. The fraction of sp³-hybridized carbons (Fsp3) is 0.364. The minimum absolute atomic E-state index is 0.00399. The molecule has 0 radical (unpaired) electrons. The van der Waals surface area contributed by atoms with Crippen LogP contribution in [0.4, 0.5) is 4.39 Å². The molecule has 0 aromatic heterocycles. The van der Waals surface area contributed by atoms with Gasteiger partial charge in [-0.2, -0.15) is 0 Å². The fourth-order valence-electron chi connectivity index (χ4n) is 1.46. The average molecular weight is 246 g/mol. The highest BCUT2D eigenvalue weighted by atomic mass is 35.5. The van der Waals surface area contributed by atoms with Crippen molar-refractivity contribution in [3.63, 3.8) is 0 Å². The van der Waals surface area contributed by atoms with Crippen LogP contribution in [0.2, 0.25) is 5.02 Å². The molecule has 0 aliphatic carbocycles. The van der Waals surface area contributed by atoms with Gasteiger partial charge in [0.2, 0.25) is 0 Å². The van der Waals surface area contributed by atoms with Crippen LogP contribution in [0.15, 0.2) is 6.07 Å². The van der Waals surface area contributed by atoms with Gasteiger partial charge in [0.15, 0.2) is 0 Å². The van der Waals surface area contributed by atoms with Gasteiger partial charge in [0, 0.05) is 6.42 Å². The predicted molar refractivity (Wildman–Crippen MR) is 60.2 cm³/mol. The van der Waals surface area contributed by atoms with Crippen LogP contribution in [-0.2, 0) is 11.2 Å². The Labute approximate surface area is 98.0 Å². The smallest absolute Gasteiger partial charge is 0.320 e. The molecular formula is C11H13ClFNO2. The van der Waals surface area contributed by atoms with Crippen LogP contribution in [0.3, 0.4) is 0 Å². The lowest BCUT2D eigenvalue weighted by atomic mass is 9.97. The number of aliphatic carboxylic acids is 1. The molecule has 1 atom stereocenters. The fourth-order valence-corrected chi connectivity index (χ4v) is 1.74. The molecule has 3 nitrogen and oxygen atoms in total. The summed E-state index contributed by atoms with van der Waals surface area (Å²) in [5.41, 5.74) is 7.17. The first-order chi connectivity index (χ1) is 7.34. The molecule has 0 saturated carbocycles. The normalized spacial score (nSPS) is 12.6. The Hall–Kier alpha value is -1.13. The Morgan fingerprint density at radius 1 is 1.62 bits per heavy atom. The summed E-state index contributed by atoms with van der Waals surface area (Å²) in [6, 6.07) is 0.397. The van der Waals surface area contributed by atoms with Gasteiger partial charge in [-0.15, -0.1) is 0 Å². The summed E-state index contributed by atoms with van der Waals surface area (Å²) in [6.45, 7) is 3.51. The lowest BCUT2D eigenvalue weighted by Gasteiger charge is -2.13. The van der Waals surface area contributed by atoms with E-state index in [2.05, 4.69) is 0 Å². The number of halogens is 2. The van der Waals surface area contributed by atoms with Crippen molar-refractivity contribution in [2.75, 3.05) is 0 Å². The van der Waals surface area contributed by atoms with E-state index in [9.17, 15) is 9.18 Å². The number of hydrogen-bond acceptors (Lipinski definition) is 2. The Kier molecular flexibility index (Phi) is 3.88. The SMILES string of the molecule is Cc1cc(Cl)c(F)c(CC(N)C(=O)O)c1C. The van der Waals surface area contributed by atoms with Gasteiger partial charge in [0.1, 0.15) is 11.9 Å². The molecule has 3 N–H and O–H groups in total. The molecule has 0 heterocycles. The van der Waals surface area contributed by atoms with Crippen molar-refractivity contribution in [3.8, 4) is 0 Å². The highest BCUT2D eigenvalue weighted by Gasteiger charge is 2.19. The molecule has 1 aromatic rings. The highest BCUT2D eigenvalue weighted by Crippen LogP contribution is 2.25. The number of benzene rings is 1. The third-order valence-corrected chi connectivity index (χ3v) is 2.88. The lowest BCUT2D eigenvalue weighted by molar-refractivity contribution is -0.138. The Bertz CT molecular complexity index is 408. The van der Waals surface area contributed by atoms with E-state index < -0.39 is 17.8 Å². The van der Waals surface area contributed by atoms with Crippen molar-refractivity contribution in [1.82, 2.24) is 0 Å². The van der Waals surface area contributed by atoms with E-state index >= 15 is 0 Å². The summed E-state index contributed by atoms with van der Waals surface area (Å²) >= 11 is 5.69. The monoisotopic (exact) mass is 245 g/mol. The number of aryl methyl sites for hydroxylation is 1. The molecule has 0 aliphatic heterocycles. The number of rotatable bonds is 3. The Morgan fingerprint density at radius 3 is 2.69 bits per heavy atom. The molecule has 0 amide bonds. The molecule has 1 rings (SSSR count). The van der Waals surface area contributed by atoms with Crippen molar-refractivity contribution in [1.29, 1.82) is 0 Å². The first-order valence-corrected chi connectivity index (χ1v) is 5.14. The maximum absolute atomic E-state index is 13.7. The minimum atomic E-state index is -1.16. The minimum Gasteiger partial charge on any atom is -0.480 e. The molecule has 16 heavy (non-hydrogen) atoms. The van der Waals surface area contributed by atoms with Crippen LogP contribution in [0.25, 0.3) is 0 Å². The van der Waals surface area contributed by atoms with Crippen molar-refractivity contribution in [3.05, 3.63) is 33.6 Å². The number of hydrogen-bond donors (Lipinski definition) is 2. The molecule has 88 valence electrons. The molecule has 0 bridgehead atoms. The van der Waals surface area contributed by atoms with E-state index in [-0.39, 0.29) is 17.0 Å². The largest absolute Gasteiger partial charge is 0.480 e. The first-order valence-electron chi connectivity index (χ1n) is 4.77. The standard InChI is InChI=1S/C11H13ClFNO2/c1-5-3-8(12)10(13)7(6(5)2)4-9(14)11(15)16/h3,9H,4,14H2,1-2H3,(H,15,16). The van der Waals surface area contributed by atoms with E-state index in [1.807, 2.05) is 0 Å². The van der Waals surface area contributed by atoms with Gasteiger partial charge in [-0.1, -0.05) is 11.6 Å². The highest BCUT2D eigenvalue weighted by molar-refractivity contribution is 6.30. The molecule has 0 fully saturated rings. The number of carboxylic acid groups (broad SMARTS) is 1. The van der Waals surface area contributed by atoms with Crippen molar-refractivity contribution in [2.24, 2.45) is 5.73 Å². The number of carboxylic acids is 1. The van der Waals surface area contributed by atoms with Crippen molar-refractivity contribution >= 4 is 17.6 Å². The summed E-state index contributed by atoms with van der Waals surface area (Å²) in [5, 5.41) is 8.68. The zero-order valence-corrected chi connectivity index (χ0v) is 9.81. The van der Waals surface area contributed by atoms with E-state index in [1.165, 1.54) is 6.07 Å². The molecule has 1 unspecified atom stereocenters. The molecule has 5 heteroatoms. The van der Waals surface area contributed by atoms with Gasteiger partial charge < -0.3 is 10.8 Å². The molecule has 1 aromatic carbocycles. The van der Waals surface area contributed by atoms with Crippen LogP contribution >= 0.6 is 11.6 Å². The third-order valence-electron chi connectivity index (χ3n) is 2.60. The van der Waals surface area contributed by atoms with E-state index in [1.54, 1.807) is 13.8 Å². The lowest BCUT2D eigenvalue weighted by Crippen LogP contribution is -2.33. The van der Waals surface area contributed by atoms with E-state index in [0.717, 1.165) is 5.56 Å². The van der Waals surface area contributed by atoms with Gasteiger partial charge in [0.25, 0.3) is 0 Å². The van der Waals surface area contributed by atoms with Crippen LogP contribution in [0.5, 0.6) is 0 Å². The topological polar surface area (TPSA) is 63.3 Å². The quantitative estimate of drug-likeness (QED) is 0.857. The van der Waals surface area contributed by atoms with Crippen LogP contribution in [0, 0.1) is 19.7 Å². The first kappa shape index (κ1) is 12.9. The molecule has 0 saturated heterocycles. The van der Waals surface area contributed by atoms with Gasteiger partial charge >= 0.3 is 5.97 Å². The van der Waals surface area contributed by atoms with Crippen molar-refractivity contribution in [2.45, 2.75) is 26.3 Å². The van der Waals surface area contributed by atoms with Crippen LogP contribution < -0.4 is 5.73 Å². The van der Waals surface area contributed by atoms with E-state index in [0.29, 0.717) is 5.56 Å². The Balaban J connectivity index is 3.17. The van der Waals surface area contributed by atoms with Crippen LogP contribution in [0.1, 0.15) is 16.7 Å².